The molecule has 0 bridgehead atoms. The van der Waals surface area contributed by atoms with Crippen LogP contribution >= 0.6 is 0 Å². The molecule has 2 heterocycles. The highest BCUT2D eigenvalue weighted by Crippen LogP contribution is 2.28. The van der Waals surface area contributed by atoms with Crippen LogP contribution in [0.2, 0.25) is 0 Å². The van der Waals surface area contributed by atoms with Gasteiger partial charge in [0.25, 0.3) is 0 Å². The van der Waals surface area contributed by atoms with Crippen molar-refractivity contribution in [1.82, 2.24) is 19.4 Å². The Bertz CT molecular complexity index is 1190. The fourth-order valence-electron chi connectivity index (χ4n) is 4.58. The summed E-state index contributed by atoms with van der Waals surface area (Å²) in [6.07, 6.45) is 16.6. The summed E-state index contributed by atoms with van der Waals surface area (Å²) in [6, 6.07) is 10.6. The predicted molar refractivity (Wildman–Crippen MR) is 208 cm³/mol. The molecule has 1 aliphatic heterocycles. The van der Waals surface area contributed by atoms with Crippen molar-refractivity contribution in [3.63, 3.8) is 0 Å². The van der Waals surface area contributed by atoms with Gasteiger partial charge in [0.05, 0.1) is 11.4 Å². The van der Waals surface area contributed by atoms with Gasteiger partial charge in [-0.1, -0.05) is 94.8 Å². The third-order valence-electron chi connectivity index (χ3n) is 7.50. The van der Waals surface area contributed by atoms with E-state index in [2.05, 4.69) is 125 Å². The summed E-state index contributed by atoms with van der Waals surface area (Å²) in [4.78, 5) is 10.0. The highest BCUT2D eigenvalue weighted by atomic mass is 16.7. The molecule has 0 saturated heterocycles. The summed E-state index contributed by atoms with van der Waals surface area (Å²) >= 11 is 0. The smallest absolute Gasteiger partial charge is 0.229 e. The van der Waals surface area contributed by atoms with Crippen LogP contribution in [0, 0.1) is 5.92 Å². The van der Waals surface area contributed by atoms with E-state index in [0.29, 0.717) is 12.7 Å². The number of ether oxygens (including phenoxy) is 3. The second kappa shape index (κ2) is 28.6. The maximum absolute atomic E-state index is 5.22. The minimum absolute atomic E-state index is 0.396. The van der Waals surface area contributed by atoms with E-state index in [1.807, 2.05) is 26.0 Å². The molecule has 1 aromatic heterocycles. The van der Waals surface area contributed by atoms with E-state index in [9.17, 15) is 0 Å². The van der Waals surface area contributed by atoms with E-state index < -0.39 is 0 Å². The van der Waals surface area contributed by atoms with Gasteiger partial charge in [0.15, 0.2) is 0 Å². The summed E-state index contributed by atoms with van der Waals surface area (Å²) in [7, 11) is 6.19. The molecular weight excluding hydrogens is 596 g/mol. The molecule has 7 nitrogen and oxygen atoms in total. The summed E-state index contributed by atoms with van der Waals surface area (Å²) < 4.78 is 17.5. The van der Waals surface area contributed by atoms with Gasteiger partial charge >= 0.3 is 0 Å². The number of nitrogens with zero attached hydrogens (tertiary/aromatic N) is 4. The molecule has 0 N–H and O–H groups in total. The van der Waals surface area contributed by atoms with Gasteiger partial charge in [0.1, 0.15) is 17.8 Å². The van der Waals surface area contributed by atoms with Crippen LogP contribution in [-0.4, -0.2) is 73.6 Å². The first kappa shape index (κ1) is 44.6. The second-order valence-corrected chi connectivity index (χ2v) is 11.9. The van der Waals surface area contributed by atoms with E-state index >= 15 is 0 Å². The molecule has 0 atom stereocenters. The second-order valence-electron chi connectivity index (χ2n) is 11.9. The monoisotopic (exact) mass is 665 g/mol. The van der Waals surface area contributed by atoms with Crippen LogP contribution in [0.5, 0.6) is 0 Å². The Hall–Kier alpha value is -3.39. The average Bonchev–Trinajstić information content (AvgIpc) is 3.78. The lowest BCUT2D eigenvalue weighted by atomic mass is 10.1. The third-order valence-corrected chi connectivity index (χ3v) is 7.50. The van der Waals surface area contributed by atoms with Crippen molar-refractivity contribution >= 4 is 5.57 Å². The first-order valence-corrected chi connectivity index (χ1v) is 17.6. The van der Waals surface area contributed by atoms with Crippen molar-refractivity contribution in [1.29, 1.82) is 0 Å². The van der Waals surface area contributed by atoms with Crippen molar-refractivity contribution in [3.8, 4) is 11.4 Å². The number of unbranched alkanes of at least 4 members (excludes halogenated alkanes) is 1. The maximum atomic E-state index is 5.22. The fourth-order valence-corrected chi connectivity index (χ4v) is 4.58. The van der Waals surface area contributed by atoms with Crippen LogP contribution in [0.1, 0.15) is 85.5 Å². The number of hydrogen-bond acceptors (Lipinski definition) is 6. The summed E-state index contributed by atoms with van der Waals surface area (Å²) in [5, 5.41) is 0. The molecule has 0 saturated carbocycles. The SMILES string of the molecule is C/C=C\C.C=C.CC(C)C1=COCO1.CC/C=C\C=C(/C)c1nc(-c2ccccc2)n(CCCC)c1CN(C)CCN(C)CCCOC. The standard InChI is InChI=1S/C29H46N4O.C6H10O2.C4H8.C2H4/c1-7-9-12-16-25(3)28-27(24-32(5)22-21-31(4)19-15-23-34-6)33(20-10-8-2)29(30-28)26-17-13-11-14-18-26;1-5(2)6-3-7-4-8-6;1-3-4-2;1-2/h9,11-14,16-18H,7-8,10,15,19-24H2,1-6H3;3,5H,4H2,1-2H3;3-4H,1-2H3;1-2H2/b12-9-,25-16+;;4-3-;. The lowest BCUT2D eigenvalue weighted by Gasteiger charge is -2.23. The molecule has 2 aromatic rings. The summed E-state index contributed by atoms with van der Waals surface area (Å²) in [6.45, 7) is 27.0. The molecular formula is C41H68N4O3. The normalized spacial score (nSPS) is 12.7. The molecule has 1 aliphatic rings. The quantitative estimate of drug-likeness (QED) is 0.0953. The van der Waals surface area contributed by atoms with Gasteiger partial charge in [0, 0.05) is 57.9 Å². The zero-order chi connectivity index (χ0) is 36.2. The zero-order valence-electron chi connectivity index (χ0n) is 32.1. The van der Waals surface area contributed by atoms with Crippen molar-refractivity contribution < 1.29 is 14.2 Å². The largest absolute Gasteiger partial charge is 0.462 e. The number of benzene rings is 1. The summed E-state index contributed by atoms with van der Waals surface area (Å²) in [5.41, 5.74) is 4.84. The molecule has 0 spiro atoms. The van der Waals surface area contributed by atoms with E-state index in [0.717, 1.165) is 82.3 Å². The number of methoxy groups -OCH3 is 1. The van der Waals surface area contributed by atoms with E-state index in [4.69, 9.17) is 19.2 Å². The number of allylic oxidation sites excluding steroid dienone is 7. The maximum Gasteiger partial charge on any atom is 0.229 e. The Labute approximate surface area is 294 Å². The van der Waals surface area contributed by atoms with Crippen LogP contribution in [0.15, 0.2) is 85.9 Å². The van der Waals surface area contributed by atoms with Gasteiger partial charge in [-0.05, 0) is 59.7 Å². The Morgan fingerprint density at radius 1 is 1.02 bits per heavy atom. The number of imidazole rings is 1. The number of likely N-dealkylation sites (N-methyl/N-ethyl adjacent to an activating group) is 2. The molecule has 270 valence electrons. The van der Waals surface area contributed by atoms with Crippen molar-refractivity contribution in [2.45, 2.75) is 87.2 Å². The van der Waals surface area contributed by atoms with Crippen LogP contribution in [-0.2, 0) is 27.3 Å². The molecule has 0 unspecified atom stereocenters. The van der Waals surface area contributed by atoms with Gasteiger partial charge in [-0.15, -0.1) is 13.2 Å². The van der Waals surface area contributed by atoms with Crippen molar-refractivity contribution in [2.24, 2.45) is 5.92 Å². The van der Waals surface area contributed by atoms with Gasteiger partial charge in [-0.3, -0.25) is 4.90 Å². The van der Waals surface area contributed by atoms with E-state index in [-0.39, 0.29) is 0 Å². The average molecular weight is 665 g/mol. The lowest BCUT2D eigenvalue weighted by molar-refractivity contribution is 0.0729. The van der Waals surface area contributed by atoms with Gasteiger partial charge < -0.3 is 23.7 Å². The van der Waals surface area contributed by atoms with E-state index in [1.54, 1.807) is 13.4 Å². The van der Waals surface area contributed by atoms with Crippen molar-refractivity contribution in [3.05, 3.63) is 97.3 Å². The Morgan fingerprint density at radius 2 is 1.69 bits per heavy atom. The van der Waals surface area contributed by atoms with Crippen LogP contribution in [0.3, 0.4) is 0 Å². The molecule has 3 rings (SSSR count). The molecule has 7 heteroatoms. The fraction of sp³-hybridized carbons (Fsp3) is 0.537. The number of aromatic nitrogens is 2. The van der Waals surface area contributed by atoms with Gasteiger partial charge in [-0.2, -0.15) is 0 Å². The molecule has 0 fully saturated rings. The Balaban J connectivity index is 0.00000131. The first-order chi connectivity index (χ1) is 23.2. The molecule has 1 aromatic carbocycles. The highest BCUT2D eigenvalue weighted by Gasteiger charge is 2.20. The topological polar surface area (TPSA) is 52.0 Å². The minimum Gasteiger partial charge on any atom is -0.462 e. The Morgan fingerprint density at radius 3 is 2.21 bits per heavy atom. The van der Waals surface area contributed by atoms with Crippen LogP contribution < -0.4 is 0 Å². The van der Waals surface area contributed by atoms with Gasteiger partial charge in [0.2, 0.25) is 6.79 Å². The third kappa shape index (κ3) is 18.2. The lowest BCUT2D eigenvalue weighted by Crippen LogP contribution is -2.32. The van der Waals surface area contributed by atoms with Crippen molar-refractivity contribution in [2.75, 3.05) is 54.2 Å². The minimum atomic E-state index is 0.396. The van der Waals surface area contributed by atoms with Crippen LogP contribution in [0.25, 0.3) is 17.0 Å². The number of hydrogen-bond donors (Lipinski definition) is 0. The Kier molecular flexibility index (Phi) is 26.6. The van der Waals surface area contributed by atoms with Crippen LogP contribution in [0.4, 0.5) is 0 Å². The zero-order valence-corrected chi connectivity index (χ0v) is 32.1. The molecule has 0 radical (unpaired) electrons. The first-order valence-electron chi connectivity index (χ1n) is 17.6. The number of rotatable bonds is 17. The summed E-state index contributed by atoms with van der Waals surface area (Å²) in [5.74, 6) is 2.49. The highest BCUT2D eigenvalue weighted by molar-refractivity contribution is 5.68. The molecule has 0 amide bonds. The molecule has 48 heavy (non-hydrogen) atoms. The van der Waals surface area contributed by atoms with E-state index in [1.165, 1.54) is 16.8 Å². The predicted octanol–water partition coefficient (Wildman–Crippen LogP) is 9.99. The molecule has 0 aliphatic carbocycles. The van der Waals surface area contributed by atoms with Gasteiger partial charge in [-0.25, -0.2) is 4.98 Å².